The normalized spacial score (nSPS) is 10.5. The largest absolute Gasteiger partial charge is 0.452 e. The first-order valence-electron chi connectivity index (χ1n) is 7.01. The number of nitrogens with zero attached hydrogens (tertiary/aromatic N) is 1. The number of nitrogens with one attached hydrogen (secondary N) is 1. The number of benzene rings is 2. The summed E-state index contributed by atoms with van der Waals surface area (Å²) in [5, 5.41) is 3.13. The zero-order chi connectivity index (χ0) is 16.2. The van der Waals surface area contributed by atoms with Gasteiger partial charge in [-0.3, -0.25) is 10.1 Å². The number of para-hydroxylation sites is 1. The molecule has 0 aliphatic carbocycles. The van der Waals surface area contributed by atoms with Crippen LogP contribution in [0.1, 0.15) is 15.9 Å². The Labute approximate surface area is 136 Å². The molecule has 3 rings (SSSR count). The predicted octanol–water partition coefficient (Wildman–Crippen LogP) is 3.40. The number of esters is 1. The Kier molecular flexibility index (Phi) is 4.34. The Hall–Kier alpha value is -2.73. The van der Waals surface area contributed by atoms with Gasteiger partial charge in [-0.15, -0.1) is 0 Å². The monoisotopic (exact) mass is 326 g/mol. The second-order valence-corrected chi connectivity index (χ2v) is 6.01. The Bertz CT molecular complexity index is 840. The van der Waals surface area contributed by atoms with E-state index in [0.717, 1.165) is 15.8 Å². The molecule has 2 aromatic carbocycles. The third kappa shape index (κ3) is 3.73. The van der Waals surface area contributed by atoms with E-state index in [4.69, 9.17) is 4.74 Å². The summed E-state index contributed by atoms with van der Waals surface area (Å²) in [4.78, 5) is 28.0. The van der Waals surface area contributed by atoms with Crippen LogP contribution in [-0.2, 0) is 9.53 Å². The van der Waals surface area contributed by atoms with E-state index in [9.17, 15) is 9.59 Å². The number of aryl methyl sites for hydroxylation is 1. The van der Waals surface area contributed by atoms with E-state index in [1.54, 1.807) is 18.2 Å². The molecule has 0 atom stereocenters. The molecule has 0 spiro atoms. The maximum atomic E-state index is 11.9. The minimum Gasteiger partial charge on any atom is -0.452 e. The Morgan fingerprint density at radius 3 is 2.78 bits per heavy atom. The van der Waals surface area contributed by atoms with Gasteiger partial charge in [-0.2, -0.15) is 0 Å². The van der Waals surface area contributed by atoms with Gasteiger partial charge in [0.05, 0.1) is 15.8 Å². The summed E-state index contributed by atoms with van der Waals surface area (Å²) in [6.07, 6.45) is 0. The molecule has 23 heavy (non-hydrogen) atoms. The van der Waals surface area contributed by atoms with Crippen molar-refractivity contribution >= 4 is 38.6 Å². The lowest BCUT2D eigenvalue weighted by molar-refractivity contribution is -0.119. The van der Waals surface area contributed by atoms with Gasteiger partial charge in [-0.25, -0.2) is 9.78 Å². The van der Waals surface area contributed by atoms with Crippen molar-refractivity contribution in [2.75, 3.05) is 11.9 Å². The second kappa shape index (κ2) is 6.58. The molecule has 0 unspecified atom stereocenters. The lowest BCUT2D eigenvalue weighted by Gasteiger charge is -2.05. The van der Waals surface area contributed by atoms with Gasteiger partial charge < -0.3 is 4.74 Å². The number of fused-ring (bicyclic) bond motifs is 1. The van der Waals surface area contributed by atoms with Gasteiger partial charge in [0.1, 0.15) is 0 Å². The van der Waals surface area contributed by atoms with Crippen molar-refractivity contribution in [3.8, 4) is 0 Å². The molecule has 6 heteroatoms. The Morgan fingerprint density at radius 2 is 2.00 bits per heavy atom. The third-order valence-corrected chi connectivity index (χ3v) is 4.08. The predicted molar refractivity (Wildman–Crippen MR) is 89.7 cm³/mol. The van der Waals surface area contributed by atoms with Crippen molar-refractivity contribution in [3.63, 3.8) is 0 Å². The molecule has 1 amide bonds. The van der Waals surface area contributed by atoms with Crippen molar-refractivity contribution < 1.29 is 14.3 Å². The molecule has 1 aromatic heterocycles. The van der Waals surface area contributed by atoms with E-state index >= 15 is 0 Å². The van der Waals surface area contributed by atoms with Crippen LogP contribution < -0.4 is 5.32 Å². The van der Waals surface area contributed by atoms with Crippen LogP contribution in [0.5, 0.6) is 0 Å². The van der Waals surface area contributed by atoms with Crippen LogP contribution in [0.25, 0.3) is 10.2 Å². The van der Waals surface area contributed by atoms with Crippen LogP contribution in [0.3, 0.4) is 0 Å². The van der Waals surface area contributed by atoms with Gasteiger partial charge in [0.25, 0.3) is 5.91 Å². The molecule has 116 valence electrons. The van der Waals surface area contributed by atoms with E-state index in [-0.39, 0.29) is 6.61 Å². The number of rotatable bonds is 4. The van der Waals surface area contributed by atoms with E-state index in [0.29, 0.717) is 10.7 Å². The molecule has 0 saturated heterocycles. The van der Waals surface area contributed by atoms with Crippen molar-refractivity contribution in [2.24, 2.45) is 0 Å². The smallest absolute Gasteiger partial charge is 0.338 e. The average Bonchev–Trinajstić information content (AvgIpc) is 2.94. The van der Waals surface area contributed by atoms with Gasteiger partial charge in [0, 0.05) is 0 Å². The molecule has 1 N–H and O–H groups in total. The lowest BCUT2D eigenvalue weighted by atomic mass is 10.1. The molecular weight excluding hydrogens is 312 g/mol. The van der Waals surface area contributed by atoms with Crippen LogP contribution in [0, 0.1) is 6.92 Å². The summed E-state index contributed by atoms with van der Waals surface area (Å²) < 4.78 is 6.00. The van der Waals surface area contributed by atoms with E-state index in [1.165, 1.54) is 11.3 Å². The Balaban J connectivity index is 1.58. The first-order valence-corrected chi connectivity index (χ1v) is 7.83. The van der Waals surface area contributed by atoms with Gasteiger partial charge in [0.15, 0.2) is 11.7 Å². The number of aromatic nitrogens is 1. The summed E-state index contributed by atoms with van der Waals surface area (Å²) in [6.45, 7) is 1.54. The van der Waals surface area contributed by atoms with Crippen LogP contribution in [0.2, 0.25) is 0 Å². The SMILES string of the molecule is Cc1cccc(C(=O)OCC(=O)Nc2nc3ccccc3s2)c1. The van der Waals surface area contributed by atoms with Gasteiger partial charge in [-0.05, 0) is 31.2 Å². The summed E-state index contributed by atoms with van der Waals surface area (Å²) in [7, 11) is 0. The highest BCUT2D eigenvalue weighted by Crippen LogP contribution is 2.25. The number of thiazole rings is 1. The molecule has 3 aromatic rings. The van der Waals surface area contributed by atoms with Gasteiger partial charge >= 0.3 is 5.97 Å². The number of anilines is 1. The number of hydrogen-bond donors (Lipinski definition) is 1. The van der Waals surface area contributed by atoms with Crippen molar-refractivity contribution in [2.45, 2.75) is 6.92 Å². The van der Waals surface area contributed by atoms with Crippen molar-refractivity contribution in [1.82, 2.24) is 4.98 Å². The van der Waals surface area contributed by atoms with Crippen molar-refractivity contribution in [1.29, 1.82) is 0 Å². The zero-order valence-electron chi connectivity index (χ0n) is 12.4. The first-order chi connectivity index (χ1) is 11.1. The molecule has 0 fully saturated rings. The summed E-state index contributed by atoms with van der Waals surface area (Å²) >= 11 is 1.37. The standard InChI is InChI=1S/C17H14N2O3S/c1-11-5-4-6-12(9-11)16(21)22-10-15(20)19-17-18-13-7-2-3-8-14(13)23-17/h2-9H,10H2,1H3,(H,18,19,20). The van der Waals surface area contributed by atoms with E-state index in [2.05, 4.69) is 10.3 Å². The van der Waals surface area contributed by atoms with Crippen LogP contribution >= 0.6 is 11.3 Å². The van der Waals surface area contributed by atoms with Gasteiger partial charge in [-0.1, -0.05) is 41.2 Å². The minimum atomic E-state index is -0.520. The zero-order valence-corrected chi connectivity index (χ0v) is 13.2. The molecule has 0 aliphatic rings. The fourth-order valence-corrected chi connectivity index (χ4v) is 2.95. The molecule has 1 heterocycles. The summed E-state index contributed by atoms with van der Waals surface area (Å²) in [5.41, 5.74) is 2.21. The van der Waals surface area contributed by atoms with Crippen LogP contribution in [-0.4, -0.2) is 23.5 Å². The molecule has 0 bridgehead atoms. The molecule has 0 radical (unpaired) electrons. The number of carbonyl (C=O) groups is 2. The second-order valence-electron chi connectivity index (χ2n) is 4.98. The molecular formula is C17H14N2O3S. The number of hydrogen-bond acceptors (Lipinski definition) is 5. The third-order valence-electron chi connectivity index (χ3n) is 3.13. The minimum absolute atomic E-state index is 0.345. The van der Waals surface area contributed by atoms with Crippen molar-refractivity contribution in [3.05, 3.63) is 59.7 Å². The van der Waals surface area contributed by atoms with E-state index < -0.39 is 11.9 Å². The quantitative estimate of drug-likeness (QED) is 0.746. The van der Waals surface area contributed by atoms with Crippen LogP contribution in [0.4, 0.5) is 5.13 Å². The molecule has 0 saturated carbocycles. The highest BCUT2D eigenvalue weighted by atomic mass is 32.1. The molecule has 5 nitrogen and oxygen atoms in total. The Morgan fingerprint density at radius 1 is 1.17 bits per heavy atom. The topological polar surface area (TPSA) is 68.3 Å². The van der Waals surface area contributed by atoms with Gasteiger partial charge in [0.2, 0.25) is 0 Å². The number of ether oxygens (including phenoxy) is 1. The first kappa shape index (κ1) is 15.2. The fourth-order valence-electron chi connectivity index (χ4n) is 2.07. The maximum Gasteiger partial charge on any atom is 0.338 e. The fraction of sp³-hybridized carbons (Fsp3) is 0.118. The molecule has 0 aliphatic heterocycles. The lowest BCUT2D eigenvalue weighted by Crippen LogP contribution is -2.20. The summed E-state index contributed by atoms with van der Waals surface area (Å²) in [5.74, 6) is -0.932. The number of amides is 1. The highest BCUT2D eigenvalue weighted by molar-refractivity contribution is 7.22. The maximum absolute atomic E-state index is 11.9. The average molecular weight is 326 g/mol. The number of carbonyl (C=O) groups excluding carboxylic acids is 2. The summed E-state index contributed by atoms with van der Waals surface area (Å²) in [6, 6.07) is 14.6. The van der Waals surface area contributed by atoms with E-state index in [1.807, 2.05) is 37.3 Å². The van der Waals surface area contributed by atoms with Crippen LogP contribution in [0.15, 0.2) is 48.5 Å². The highest BCUT2D eigenvalue weighted by Gasteiger charge is 2.12.